The van der Waals surface area contributed by atoms with E-state index in [4.69, 9.17) is 0 Å². The molecule has 0 fully saturated rings. The molecular weight excluding hydrogens is 307 g/mol. The summed E-state index contributed by atoms with van der Waals surface area (Å²) < 4.78 is 17.1. The van der Waals surface area contributed by atoms with E-state index in [1.807, 2.05) is 17.8 Å². The van der Waals surface area contributed by atoms with Crippen molar-refractivity contribution >= 4 is 18.6 Å². The Kier molecular flexibility index (Phi) is 6.35. The van der Waals surface area contributed by atoms with Crippen molar-refractivity contribution in [2.75, 3.05) is 13.6 Å². The van der Waals surface area contributed by atoms with Crippen LogP contribution in [0.15, 0.2) is 36.3 Å². The molecule has 2 N–H and O–H groups in total. The number of rotatable bonds is 7. The molecule has 130 valence electrons. The summed E-state index contributed by atoms with van der Waals surface area (Å²) in [7, 11) is 1.92. The molecular formula is C18H26FN4O+. The number of aromatic nitrogens is 1. The van der Waals surface area contributed by atoms with Crippen LogP contribution in [-0.2, 0) is 13.0 Å². The van der Waals surface area contributed by atoms with Crippen LogP contribution in [0.3, 0.4) is 0 Å². The van der Waals surface area contributed by atoms with Crippen LogP contribution in [0.1, 0.15) is 25.3 Å². The molecule has 1 aliphatic carbocycles. The van der Waals surface area contributed by atoms with Crippen LogP contribution in [0.5, 0.6) is 0 Å². The summed E-state index contributed by atoms with van der Waals surface area (Å²) in [6, 6.07) is 1.52. The van der Waals surface area contributed by atoms with Crippen LogP contribution in [0.2, 0.25) is 0 Å². The van der Waals surface area contributed by atoms with Gasteiger partial charge in [0.05, 0.1) is 32.5 Å². The van der Waals surface area contributed by atoms with Gasteiger partial charge in [0.1, 0.15) is 12.4 Å². The standard InChI is InChI=1S/C18H25FN4O/c1-4-6-14-9-11-23(17(14)22(2)3)12-10-20-18(24)21-16-8-5-7-15(19)13-16/h5,7,9,11,13,16H,2,4,6,8,10,12H2,1,3H3,(H-,20,21,24)/p+1. The average molecular weight is 333 g/mol. The maximum Gasteiger partial charge on any atom is 0.315 e. The molecule has 0 bridgehead atoms. The van der Waals surface area contributed by atoms with Gasteiger partial charge in [0.25, 0.3) is 5.82 Å². The van der Waals surface area contributed by atoms with Gasteiger partial charge in [-0.1, -0.05) is 19.4 Å². The third-order valence-corrected chi connectivity index (χ3v) is 3.88. The normalized spacial score (nSPS) is 16.6. The first-order chi connectivity index (χ1) is 11.5. The molecule has 0 aromatic carbocycles. The number of carbonyl (C=O) groups excluding carboxylic acids is 1. The Bertz CT molecular complexity index is 660. The average Bonchev–Trinajstić information content (AvgIpc) is 2.90. The lowest BCUT2D eigenvalue weighted by atomic mass is 10.1. The summed E-state index contributed by atoms with van der Waals surface area (Å²) in [5.41, 5.74) is 1.26. The summed E-state index contributed by atoms with van der Waals surface area (Å²) in [6.45, 7) is 7.26. The molecule has 1 atom stereocenters. The van der Waals surface area contributed by atoms with E-state index >= 15 is 0 Å². The molecule has 0 aliphatic heterocycles. The van der Waals surface area contributed by atoms with Crippen molar-refractivity contribution in [1.82, 2.24) is 15.2 Å². The molecule has 0 radical (unpaired) electrons. The predicted octanol–water partition coefficient (Wildman–Crippen LogP) is 2.90. The Labute approximate surface area is 142 Å². The third-order valence-electron chi connectivity index (χ3n) is 3.88. The summed E-state index contributed by atoms with van der Waals surface area (Å²) in [4.78, 5) is 11.9. The highest BCUT2D eigenvalue weighted by Crippen LogP contribution is 2.20. The van der Waals surface area contributed by atoms with Gasteiger partial charge in [-0.15, -0.1) is 0 Å². The van der Waals surface area contributed by atoms with Crippen LogP contribution in [-0.4, -0.2) is 41.5 Å². The molecule has 2 amide bonds. The number of halogens is 1. The summed E-state index contributed by atoms with van der Waals surface area (Å²) in [5, 5.41) is 5.56. The van der Waals surface area contributed by atoms with Crippen molar-refractivity contribution in [3.63, 3.8) is 0 Å². The maximum atomic E-state index is 13.1. The number of hydrogen-bond donors (Lipinski definition) is 2. The molecule has 24 heavy (non-hydrogen) atoms. The number of nitrogens with one attached hydrogen (secondary N) is 2. The number of carbonyl (C=O) groups is 1. The van der Waals surface area contributed by atoms with Crippen molar-refractivity contribution < 1.29 is 13.8 Å². The number of nitrogens with zero attached hydrogens (tertiary/aromatic N) is 2. The monoisotopic (exact) mass is 333 g/mol. The van der Waals surface area contributed by atoms with Gasteiger partial charge >= 0.3 is 6.03 Å². The Balaban J connectivity index is 1.84. The minimum Gasteiger partial charge on any atom is -0.334 e. The van der Waals surface area contributed by atoms with Crippen molar-refractivity contribution in [3.05, 3.63) is 41.9 Å². The number of urea groups is 1. The lowest BCUT2D eigenvalue weighted by Crippen LogP contribution is -2.42. The van der Waals surface area contributed by atoms with Gasteiger partial charge in [-0.2, -0.15) is 0 Å². The van der Waals surface area contributed by atoms with E-state index in [0.29, 0.717) is 19.5 Å². The van der Waals surface area contributed by atoms with Gasteiger partial charge in [0.2, 0.25) is 0 Å². The Hall–Kier alpha value is -2.37. The quantitative estimate of drug-likeness (QED) is 0.585. The molecule has 0 spiro atoms. The van der Waals surface area contributed by atoms with Crippen molar-refractivity contribution in [2.45, 2.75) is 38.8 Å². The van der Waals surface area contributed by atoms with Crippen molar-refractivity contribution in [3.8, 4) is 0 Å². The second kappa shape index (κ2) is 8.47. The van der Waals surface area contributed by atoms with Crippen LogP contribution in [0.25, 0.3) is 0 Å². The van der Waals surface area contributed by atoms with Gasteiger partial charge in [0, 0.05) is 5.56 Å². The summed E-state index contributed by atoms with van der Waals surface area (Å²) in [5.74, 6) is 0.756. The molecule has 5 nitrogen and oxygen atoms in total. The molecule has 0 saturated carbocycles. The van der Waals surface area contributed by atoms with E-state index in [2.05, 4.69) is 34.9 Å². The van der Waals surface area contributed by atoms with Gasteiger partial charge < -0.3 is 10.6 Å². The molecule has 1 aromatic rings. The number of allylic oxidation sites excluding steroid dienone is 2. The second-order valence-corrected chi connectivity index (χ2v) is 6.00. The van der Waals surface area contributed by atoms with Gasteiger partial charge in [-0.05, 0) is 31.1 Å². The van der Waals surface area contributed by atoms with Gasteiger partial charge in [-0.25, -0.2) is 18.3 Å². The largest absolute Gasteiger partial charge is 0.334 e. The molecule has 0 saturated heterocycles. The van der Waals surface area contributed by atoms with Crippen LogP contribution in [0.4, 0.5) is 15.0 Å². The van der Waals surface area contributed by atoms with Gasteiger partial charge in [-0.3, -0.25) is 0 Å². The fraction of sp³-hybridized carbons (Fsp3) is 0.444. The van der Waals surface area contributed by atoms with E-state index in [9.17, 15) is 9.18 Å². The SMILES string of the molecule is C=[N+](C)c1c(CCC)ccn1CCNC(=O)NC1C=C(F)C=CC1. The fourth-order valence-electron chi connectivity index (χ4n) is 2.87. The van der Waals surface area contributed by atoms with E-state index in [1.54, 1.807) is 6.08 Å². The number of hydrogen-bond acceptors (Lipinski definition) is 1. The zero-order valence-electron chi connectivity index (χ0n) is 14.4. The Morgan fingerprint density at radius 1 is 1.54 bits per heavy atom. The lowest BCUT2D eigenvalue weighted by molar-refractivity contribution is -0.402. The first-order valence-corrected chi connectivity index (χ1v) is 8.31. The zero-order valence-corrected chi connectivity index (χ0v) is 14.4. The van der Waals surface area contributed by atoms with E-state index < -0.39 is 0 Å². The Morgan fingerprint density at radius 2 is 2.33 bits per heavy atom. The second-order valence-electron chi connectivity index (χ2n) is 6.00. The van der Waals surface area contributed by atoms with Crippen LogP contribution < -0.4 is 10.6 Å². The van der Waals surface area contributed by atoms with Crippen molar-refractivity contribution in [1.29, 1.82) is 0 Å². The molecule has 1 aliphatic rings. The molecule has 1 aromatic heterocycles. The summed E-state index contributed by atoms with van der Waals surface area (Å²) in [6.07, 6.45) is 9.24. The number of aryl methyl sites for hydroxylation is 1. The minimum absolute atomic E-state index is 0.287. The lowest BCUT2D eigenvalue weighted by Gasteiger charge is -2.16. The van der Waals surface area contributed by atoms with E-state index in [1.165, 1.54) is 17.7 Å². The highest BCUT2D eigenvalue weighted by atomic mass is 19.1. The van der Waals surface area contributed by atoms with Crippen LogP contribution >= 0.6 is 0 Å². The van der Waals surface area contributed by atoms with Crippen LogP contribution in [0, 0.1) is 0 Å². The molecule has 1 heterocycles. The summed E-state index contributed by atoms with van der Waals surface area (Å²) >= 11 is 0. The smallest absolute Gasteiger partial charge is 0.315 e. The van der Waals surface area contributed by atoms with E-state index in [0.717, 1.165) is 18.7 Å². The first-order valence-electron chi connectivity index (χ1n) is 8.31. The van der Waals surface area contributed by atoms with Gasteiger partial charge in [0.15, 0.2) is 0 Å². The zero-order chi connectivity index (χ0) is 17.5. The highest BCUT2D eigenvalue weighted by molar-refractivity contribution is 5.74. The van der Waals surface area contributed by atoms with E-state index in [-0.39, 0.29) is 17.9 Å². The molecule has 6 heteroatoms. The maximum absolute atomic E-state index is 13.1. The fourth-order valence-corrected chi connectivity index (χ4v) is 2.87. The number of amides is 2. The minimum atomic E-state index is -0.314. The Morgan fingerprint density at radius 3 is 3.00 bits per heavy atom. The molecule has 2 rings (SSSR count). The predicted molar refractivity (Wildman–Crippen MR) is 94.7 cm³/mol. The van der Waals surface area contributed by atoms with Crippen molar-refractivity contribution in [2.24, 2.45) is 0 Å². The highest BCUT2D eigenvalue weighted by Gasteiger charge is 2.17. The third kappa shape index (κ3) is 4.81. The first kappa shape index (κ1) is 18.0. The molecule has 1 unspecified atom stereocenters. The topological polar surface area (TPSA) is 49.1 Å².